The first kappa shape index (κ1) is 14.5. The van der Waals surface area contributed by atoms with Crippen LogP contribution in [0.3, 0.4) is 0 Å². The molecule has 1 aliphatic rings. The van der Waals surface area contributed by atoms with Crippen LogP contribution in [-0.2, 0) is 6.42 Å². The van der Waals surface area contributed by atoms with Crippen LogP contribution in [-0.4, -0.2) is 6.61 Å². The Kier molecular flexibility index (Phi) is 4.49. The van der Waals surface area contributed by atoms with E-state index in [1.807, 2.05) is 12.1 Å². The molecule has 3 heteroatoms. The smallest absolute Gasteiger partial charge is 0.124 e. The van der Waals surface area contributed by atoms with Crippen LogP contribution >= 0.6 is 15.9 Å². The Morgan fingerprint density at radius 2 is 2.00 bits per heavy atom. The van der Waals surface area contributed by atoms with Gasteiger partial charge in [-0.1, -0.05) is 41.4 Å². The lowest BCUT2D eigenvalue weighted by Gasteiger charge is -2.27. The van der Waals surface area contributed by atoms with Gasteiger partial charge in [0.2, 0.25) is 0 Å². The molecule has 1 heterocycles. The largest absolute Gasteiger partial charge is 0.493 e. The number of hydrogen-bond donors (Lipinski definition) is 1. The van der Waals surface area contributed by atoms with Gasteiger partial charge in [-0.25, -0.2) is 0 Å². The lowest BCUT2D eigenvalue weighted by molar-refractivity contribution is 0.274. The Labute approximate surface area is 134 Å². The molecule has 0 radical (unpaired) electrons. The average molecular weight is 346 g/mol. The minimum absolute atomic E-state index is 0.309. The van der Waals surface area contributed by atoms with Crippen LogP contribution in [0.1, 0.15) is 36.9 Å². The molecule has 1 aliphatic heterocycles. The summed E-state index contributed by atoms with van der Waals surface area (Å²) in [6.07, 6.45) is 3.32. The maximum atomic E-state index is 5.74. The molecule has 3 rings (SSSR count). The number of fused-ring (bicyclic) bond motifs is 1. The van der Waals surface area contributed by atoms with Crippen molar-refractivity contribution in [2.75, 3.05) is 11.9 Å². The molecule has 0 saturated carbocycles. The summed E-state index contributed by atoms with van der Waals surface area (Å²) >= 11 is 3.55. The third kappa shape index (κ3) is 3.41. The maximum absolute atomic E-state index is 5.74. The van der Waals surface area contributed by atoms with Gasteiger partial charge in [0.15, 0.2) is 0 Å². The van der Waals surface area contributed by atoms with Crippen molar-refractivity contribution in [1.29, 1.82) is 0 Å². The van der Waals surface area contributed by atoms with Crippen LogP contribution in [0.2, 0.25) is 0 Å². The number of benzene rings is 2. The number of rotatable bonds is 4. The Morgan fingerprint density at radius 1 is 1.19 bits per heavy atom. The molecule has 0 spiro atoms. The van der Waals surface area contributed by atoms with Gasteiger partial charge in [-0.2, -0.15) is 0 Å². The molecule has 0 aromatic heterocycles. The molecule has 2 aromatic carbocycles. The quantitative estimate of drug-likeness (QED) is 0.807. The molecular weight excluding hydrogens is 326 g/mol. The summed E-state index contributed by atoms with van der Waals surface area (Å²) in [6, 6.07) is 15.3. The molecule has 110 valence electrons. The summed E-state index contributed by atoms with van der Waals surface area (Å²) in [7, 11) is 0. The number of aryl methyl sites for hydroxylation is 1. The summed E-state index contributed by atoms with van der Waals surface area (Å²) in [5, 5.41) is 3.63. The fourth-order valence-electron chi connectivity index (χ4n) is 2.77. The van der Waals surface area contributed by atoms with Crippen molar-refractivity contribution in [3.8, 4) is 5.75 Å². The van der Waals surface area contributed by atoms with E-state index in [9.17, 15) is 0 Å². The summed E-state index contributed by atoms with van der Waals surface area (Å²) < 4.78 is 6.83. The molecule has 0 bridgehead atoms. The lowest BCUT2D eigenvalue weighted by Crippen LogP contribution is -2.20. The predicted octanol–water partition coefficient (Wildman–Crippen LogP) is 5.34. The Bertz CT molecular complexity index is 609. The van der Waals surface area contributed by atoms with Gasteiger partial charge in [-0.05, 0) is 42.3 Å². The van der Waals surface area contributed by atoms with Gasteiger partial charge in [-0.15, -0.1) is 0 Å². The van der Waals surface area contributed by atoms with Crippen molar-refractivity contribution in [1.82, 2.24) is 0 Å². The van der Waals surface area contributed by atoms with Crippen LogP contribution in [0.15, 0.2) is 46.9 Å². The molecule has 2 nitrogen and oxygen atoms in total. The van der Waals surface area contributed by atoms with Crippen molar-refractivity contribution >= 4 is 21.6 Å². The molecule has 0 fully saturated rings. The third-order valence-electron chi connectivity index (χ3n) is 3.84. The highest BCUT2D eigenvalue weighted by molar-refractivity contribution is 9.10. The van der Waals surface area contributed by atoms with E-state index in [-0.39, 0.29) is 0 Å². The molecule has 0 aliphatic carbocycles. The van der Waals surface area contributed by atoms with Crippen molar-refractivity contribution in [2.24, 2.45) is 0 Å². The molecule has 0 saturated heterocycles. The molecule has 1 atom stereocenters. The van der Waals surface area contributed by atoms with Crippen LogP contribution < -0.4 is 10.1 Å². The summed E-state index contributed by atoms with van der Waals surface area (Å²) in [6.45, 7) is 2.98. The SMILES string of the molecule is CCCc1ccc(NC2CCOc3ccc(Br)cc32)cc1. The number of halogens is 1. The third-order valence-corrected chi connectivity index (χ3v) is 4.34. The molecule has 21 heavy (non-hydrogen) atoms. The van der Waals surface area contributed by atoms with E-state index < -0.39 is 0 Å². The van der Waals surface area contributed by atoms with Gasteiger partial charge >= 0.3 is 0 Å². The van der Waals surface area contributed by atoms with E-state index in [0.717, 1.165) is 29.7 Å². The van der Waals surface area contributed by atoms with E-state index in [4.69, 9.17) is 4.74 Å². The fourth-order valence-corrected chi connectivity index (χ4v) is 3.15. The van der Waals surface area contributed by atoms with Crippen molar-refractivity contribution < 1.29 is 4.74 Å². The van der Waals surface area contributed by atoms with Crippen molar-refractivity contribution in [2.45, 2.75) is 32.2 Å². The van der Waals surface area contributed by atoms with E-state index >= 15 is 0 Å². The maximum Gasteiger partial charge on any atom is 0.124 e. The Balaban J connectivity index is 1.78. The number of hydrogen-bond acceptors (Lipinski definition) is 2. The zero-order chi connectivity index (χ0) is 14.7. The molecular formula is C18H20BrNO. The Hall–Kier alpha value is -1.48. The second-order valence-corrected chi connectivity index (χ2v) is 6.38. The number of anilines is 1. The molecule has 0 amide bonds. The van der Waals surface area contributed by atoms with Crippen molar-refractivity contribution in [3.05, 3.63) is 58.1 Å². The van der Waals surface area contributed by atoms with Crippen LogP contribution in [0.25, 0.3) is 0 Å². The first-order chi connectivity index (χ1) is 10.3. The van der Waals surface area contributed by atoms with Gasteiger partial charge in [0, 0.05) is 22.1 Å². The highest BCUT2D eigenvalue weighted by Crippen LogP contribution is 2.36. The normalized spacial score (nSPS) is 17.0. The summed E-state index contributed by atoms with van der Waals surface area (Å²) in [5.74, 6) is 0.990. The summed E-state index contributed by atoms with van der Waals surface area (Å²) in [4.78, 5) is 0. The molecule has 2 aromatic rings. The molecule has 1 unspecified atom stereocenters. The topological polar surface area (TPSA) is 21.3 Å². The second-order valence-electron chi connectivity index (χ2n) is 5.46. The average Bonchev–Trinajstić information content (AvgIpc) is 2.50. The van der Waals surface area contributed by atoms with Gasteiger partial charge in [0.25, 0.3) is 0 Å². The minimum atomic E-state index is 0.309. The van der Waals surface area contributed by atoms with E-state index in [2.05, 4.69) is 58.5 Å². The monoisotopic (exact) mass is 345 g/mol. The second kappa shape index (κ2) is 6.52. The van der Waals surface area contributed by atoms with Gasteiger partial charge in [0.05, 0.1) is 12.6 Å². The number of nitrogens with one attached hydrogen (secondary N) is 1. The highest BCUT2D eigenvalue weighted by atomic mass is 79.9. The van der Waals surface area contributed by atoms with Crippen LogP contribution in [0.5, 0.6) is 5.75 Å². The van der Waals surface area contributed by atoms with Crippen molar-refractivity contribution in [3.63, 3.8) is 0 Å². The van der Waals surface area contributed by atoms with Crippen LogP contribution in [0, 0.1) is 0 Å². The van der Waals surface area contributed by atoms with Gasteiger partial charge in [0.1, 0.15) is 5.75 Å². The first-order valence-corrected chi connectivity index (χ1v) is 8.33. The zero-order valence-corrected chi connectivity index (χ0v) is 13.8. The van der Waals surface area contributed by atoms with Gasteiger partial charge < -0.3 is 10.1 Å². The Morgan fingerprint density at radius 3 is 2.76 bits per heavy atom. The fraction of sp³-hybridized carbons (Fsp3) is 0.333. The minimum Gasteiger partial charge on any atom is -0.493 e. The summed E-state index contributed by atoms with van der Waals surface area (Å²) in [5.41, 5.74) is 3.80. The zero-order valence-electron chi connectivity index (χ0n) is 12.2. The lowest BCUT2D eigenvalue weighted by atomic mass is 10.00. The molecule has 1 N–H and O–H groups in total. The first-order valence-electron chi connectivity index (χ1n) is 7.54. The van der Waals surface area contributed by atoms with Gasteiger partial charge in [-0.3, -0.25) is 0 Å². The van der Waals surface area contributed by atoms with E-state index in [0.29, 0.717) is 6.04 Å². The predicted molar refractivity (Wildman–Crippen MR) is 91.1 cm³/mol. The standard InChI is InChI=1S/C18H20BrNO/c1-2-3-13-4-7-15(8-5-13)20-17-10-11-21-18-9-6-14(19)12-16(17)18/h4-9,12,17,20H,2-3,10-11H2,1H3. The van der Waals surface area contributed by atoms with E-state index in [1.54, 1.807) is 0 Å². The van der Waals surface area contributed by atoms with E-state index in [1.165, 1.54) is 23.2 Å². The van der Waals surface area contributed by atoms with Crippen LogP contribution in [0.4, 0.5) is 5.69 Å². The highest BCUT2D eigenvalue weighted by Gasteiger charge is 2.21. The number of ether oxygens (including phenoxy) is 1.